The molecule has 82 valence electrons. The zero-order valence-electron chi connectivity index (χ0n) is 8.47. The maximum atomic E-state index is 10.7. The lowest BCUT2D eigenvalue weighted by molar-refractivity contribution is -0.385. The molecular formula is C10H8N2O4. The molecule has 0 saturated carbocycles. The number of rotatable bonds is 4. The third-order valence-electron chi connectivity index (χ3n) is 2.02. The quantitative estimate of drug-likeness (QED) is 0.435. The van der Waals surface area contributed by atoms with Gasteiger partial charge in [0.05, 0.1) is 36.2 Å². The maximum Gasteiger partial charge on any atom is 0.277 e. The molecule has 0 fully saturated rings. The molecule has 0 aromatic heterocycles. The topological polar surface area (TPSA) is 93.2 Å². The second kappa shape index (κ2) is 4.89. The Morgan fingerprint density at radius 1 is 1.62 bits per heavy atom. The van der Waals surface area contributed by atoms with Gasteiger partial charge in [-0.05, 0) is 6.07 Å². The molecule has 0 amide bonds. The molecule has 6 heteroatoms. The van der Waals surface area contributed by atoms with Crippen molar-refractivity contribution in [3.05, 3.63) is 33.4 Å². The molecule has 6 nitrogen and oxygen atoms in total. The van der Waals surface area contributed by atoms with Crippen molar-refractivity contribution in [2.45, 2.75) is 6.42 Å². The number of hydrogen-bond acceptors (Lipinski definition) is 5. The number of nitriles is 1. The second-order valence-electron chi connectivity index (χ2n) is 2.93. The SMILES string of the molecule is COc1cc([N+](=O)[O-])c(CC#N)cc1C=O. The lowest BCUT2D eigenvalue weighted by atomic mass is 10.1. The Balaban J connectivity index is 3.42. The van der Waals surface area contributed by atoms with Crippen LogP contribution in [0.4, 0.5) is 5.69 Å². The molecule has 0 aliphatic carbocycles. The van der Waals surface area contributed by atoms with Crippen LogP contribution < -0.4 is 4.74 Å². The van der Waals surface area contributed by atoms with E-state index in [1.165, 1.54) is 13.2 Å². The molecule has 1 aromatic carbocycles. The van der Waals surface area contributed by atoms with Gasteiger partial charge in [0, 0.05) is 5.56 Å². The number of aldehydes is 1. The molecule has 16 heavy (non-hydrogen) atoms. The van der Waals surface area contributed by atoms with Gasteiger partial charge in [0.15, 0.2) is 6.29 Å². The first-order valence-corrected chi connectivity index (χ1v) is 4.31. The van der Waals surface area contributed by atoms with E-state index in [0.717, 1.165) is 6.07 Å². The fraction of sp³-hybridized carbons (Fsp3) is 0.200. The van der Waals surface area contributed by atoms with E-state index in [1.807, 2.05) is 0 Å². The summed E-state index contributed by atoms with van der Waals surface area (Å²) in [5.74, 6) is 0.128. The molecule has 0 spiro atoms. The average Bonchev–Trinajstić information content (AvgIpc) is 2.28. The van der Waals surface area contributed by atoms with Crippen molar-refractivity contribution in [2.24, 2.45) is 0 Å². The van der Waals surface area contributed by atoms with Crippen molar-refractivity contribution in [2.75, 3.05) is 7.11 Å². The number of nitrogens with zero attached hydrogens (tertiary/aromatic N) is 2. The number of hydrogen-bond donors (Lipinski definition) is 0. The van der Waals surface area contributed by atoms with E-state index in [1.54, 1.807) is 6.07 Å². The molecule has 0 atom stereocenters. The predicted molar refractivity (Wildman–Crippen MR) is 54.4 cm³/mol. The minimum atomic E-state index is -0.607. The Kier molecular flexibility index (Phi) is 3.56. The molecule has 0 aliphatic heterocycles. The Labute approximate surface area is 91.2 Å². The fourth-order valence-corrected chi connectivity index (χ4v) is 1.30. The highest BCUT2D eigenvalue weighted by Gasteiger charge is 2.18. The molecule has 1 aromatic rings. The van der Waals surface area contributed by atoms with Gasteiger partial charge in [-0.25, -0.2) is 0 Å². The Hall–Kier alpha value is -2.42. The first-order chi connectivity index (χ1) is 7.63. The number of ether oxygens (including phenoxy) is 1. The van der Waals surface area contributed by atoms with Crippen molar-refractivity contribution in [1.82, 2.24) is 0 Å². The minimum absolute atomic E-state index is 0.124. The van der Waals surface area contributed by atoms with Crippen molar-refractivity contribution in [3.63, 3.8) is 0 Å². The monoisotopic (exact) mass is 220 g/mol. The van der Waals surface area contributed by atoms with E-state index in [0.29, 0.717) is 6.29 Å². The molecule has 0 unspecified atom stereocenters. The minimum Gasteiger partial charge on any atom is -0.496 e. The van der Waals surface area contributed by atoms with Gasteiger partial charge >= 0.3 is 0 Å². The summed E-state index contributed by atoms with van der Waals surface area (Å²) in [6.07, 6.45) is 0.407. The molecule has 0 saturated heterocycles. The molecule has 1 rings (SSSR count). The zero-order valence-corrected chi connectivity index (χ0v) is 8.47. The van der Waals surface area contributed by atoms with Crippen molar-refractivity contribution in [1.29, 1.82) is 5.26 Å². The van der Waals surface area contributed by atoms with Gasteiger partial charge in [0.2, 0.25) is 0 Å². The molecule has 0 bridgehead atoms. The average molecular weight is 220 g/mol. The summed E-state index contributed by atoms with van der Waals surface area (Å²) in [4.78, 5) is 20.8. The predicted octanol–water partition coefficient (Wildman–Crippen LogP) is 1.48. The van der Waals surface area contributed by atoms with Crippen LogP contribution in [0.5, 0.6) is 5.75 Å². The number of carbonyl (C=O) groups is 1. The summed E-state index contributed by atoms with van der Waals surface area (Å²) in [7, 11) is 1.32. The van der Waals surface area contributed by atoms with Gasteiger partial charge in [-0.2, -0.15) is 5.26 Å². The highest BCUT2D eigenvalue weighted by molar-refractivity contribution is 5.81. The maximum absolute atomic E-state index is 10.7. The summed E-state index contributed by atoms with van der Waals surface area (Å²) in [5, 5.41) is 19.2. The van der Waals surface area contributed by atoms with Crippen LogP contribution in [0.2, 0.25) is 0 Å². The van der Waals surface area contributed by atoms with E-state index >= 15 is 0 Å². The van der Waals surface area contributed by atoms with E-state index < -0.39 is 4.92 Å². The van der Waals surface area contributed by atoms with Gasteiger partial charge in [0.25, 0.3) is 5.69 Å². The summed E-state index contributed by atoms with van der Waals surface area (Å²) in [6, 6.07) is 4.25. The Morgan fingerprint density at radius 3 is 2.75 bits per heavy atom. The number of benzene rings is 1. The number of methoxy groups -OCH3 is 1. The second-order valence-corrected chi connectivity index (χ2v) is 2.93. The van der Waals surface area contributed by atoms with Crippen molar-refractivity contribution in [3.8, 4) is 11.8 Å². The molecular weight excluding hydrogens is 212 g/mol. The number of nitro groups is 1. The van der Waals surface area contributed by atoms with Gasteiger partial charge in [-0.3, -0.25) is 14.9 Å². The standard InChI is InChI=1S/C10H8N2O4/c1-16-10-5-9(12(14)15)7(2-3-11)4-8(10)6-13/h4-6H,2H2,1H3. The van der Waals surface area contributed by atoms with Crippen molar-refractivity contribution >= 4 is 12.0 Å². The first kappa shape index (κ1) is 11.7. The molecule has 0 radical (unpaired) electrons. The zero-order chi connectivity index (χ0) is 12.1. The lowest BCUT2D eigenvalue weighted by Crippen LogP contribution is -1.99. The molecule has 0 aliphatic rings. The summed E-state index contributed by atoms with van der Waals surface area (Å²) >= 11 is 0. The van der Waals surface area contributed by atoms with Crippen LogP contribution >= 0.6 is 0 Å². The van der Waals surface area contributed by atoms with Gasteiger partial charge in [0.1, 0.15) is 5.75 Å². The van der Waals surface area contributed by atoms with Crippen LogP contribution in [0.3, 0.4) is 0 Å². The van der Waals surface area contributed by atoms with Crippen LogP contribution in [-0.2, 0) is 6.42 Å². The highest BCUT2D eigenvalue weighted by atomic mass is 16.6. The summed E-state index contributed by atoms with van der Waals surface area (Å²) in [5.41, 5.74) is 0.178. The highest BCUT2D eigenvalue weighted by Crippen LogP contribution is 2.28. The number of carbonyl (C=O) groups excluding carboxylic acids is 1. The molecule has 0 heterocycles. The normalized spacial score (nSPS) is 9.25. The largest absolute Gasteiger partial charge is 0.496 e. The van der Waals surface area contributed by atoms with E-state index in [4.69, 9.17) is 10.00 Å². The van der Waals surface area contributed by atoms with Crippen LogP contribution in [0.25, 0.3) is 0 Å². The Morgan fingerprint density at radius 2 is 2.31 bits per heavy atom. The smallest absolute Gasteiger partial charge is 0.277 e. The summed E-state index contributed by atoms with van der Waals surface area (Å²) < 4.78 is 4.84. The fourth-order valence-electron chi connectivity index (χ4n) is 1.30. The van der Waals surface area contributed by atoms with Gasteiger partial charge in [-0.1, -0.05) is 0 Å². The van der Waals surface area contributed by atoms with E-state index in [9.17, 15) is 14.9 Å². The van der Waals surface area contributed by atoms with Crippen LogP contribution in [0, 0.1) is 21.4 Å². The Bertz CT molecular complexity index is 476. The first-order valence-electron chi connectivity index (χ1n) is 4.31. The third kappa shape index (κ3) is 2.15. The van der Waals surface area contributed by atoms with Crippen LogP contribution in [0.15, 0.2) is 12.1 Å². The van der Waals surface area contributed by atoms with Crippen molar-refractivity contribution < 1.29 is 14.5 Å². The molecule has 0 N–H and O–H groups in total. The van der Waals surface area contributed by atoms with E-state index in [2.05, 4.69) is 0 Å². The van der Waals surface area contributed by atoms with E-state index in [-0.39, 0.29) is 29.0 Å². The van der Waals surface area contributed by atoms with Crippen LogP contribution in [0.1, 0.15) is 15.9 Å². The number of nitro benzene ring substituents is 1. The summed E-state index contributed by atoms with van der Waals surface area (Å²) in [6.45, 7) is 0. The third-order valence-corrected chi connectivity index (χ3v) is 2.02. The van der Waals surface area contributed by atoms with Crippen LogP contribution in [-0.4, -0.2) is 18.3 Å². The lowest BCUT2D eigenvalue weighted by Gasteiger charge is -2.05. The van der Waals surface area contributed by atoms with Gasteiger partial charge in [-0.15, -0.1) is 0 Å². The van der Waals surface area contributed by atoms with Gasteiger partial charge < -0.3 is 4.74 Å².